The molecule has 5 fully saturated rings. The van der Waals surface area contributed by atoms with Crippen LogP contribution in [0, 0.1) is 22.7 Å². The molecule has 3 spiro atoms. The number of rotatable bonds is 2. The topological polar surface area (TPSA) is 71.0 Å². The summed E-state index contributed by atoms with van der Waals surface area (Å²) < 4.78 is 13.4. The summed E-state index contributed by atoms with van der Waals surface area (Å²) in [7, 11) is 1.82. The molecule has 1 aromatic carbocycles. The summed E-state index contributed by atoms with van der Waals surface area (Å²) in [5, 5.41) is 26.7. The Kier molecular flexibility index (Phi) is 2.79. The van der Waals surface area contributed by atoms with Crippen LogP contribution in [0.1, 0.15) is 58.1 Å². The van der Waals surface area contributed by atoms with Crippen molar-refractivity contribution in [3.63, 3.8) is 0 Å². The number of hydrogen-bond acceptors (Lipinski definition) is 5. The number of nitrogens with one attached hydrogen (secondary N) is 1. The summed E-state index contributed by atoms with van der Waals surface area (Å²) in [6, 6.07) is 4.30. The van der Waals surface area contributed by atoms with Crippen LogP contribution < -0.4 is 10.1 Å². The molecule has 1 aromatic rings. The van der Waals surface area contributed by atoms with Crippen molar-refractivity contribution in [2.45, 2.75) is 81.6 Å². The maximum atomic E-state index is 12.0. The van der Waals surface area contributed by atoms with Gasteiger partial charge in [-0.2, -0.15) is 0 Å². The Bertz CT molecular complexity index is 1010. The van der Waals surface area contributed by atoms with Crippen molar-refractivity contribution < 1.29 is 19.7 Å². The van der Waals surface area contributed by atoms with E-state index in [9.17, 15) is 10.2 Å². The predicted octanol–water partition coefficient (Wildman–Crippen LogP) is 2.90. The number of phenolic OH excluding ortho intramolecular Hbond substituents is 1. The minimum absolute atomic E-state index is 0.0118. The smallest absolute Gasteiger partial charge is 0.166 e. The monoisotopic (exact) mass is 411 g/mol. The summed E-state index contributed by atoms with van der Waals surface area (Å²) in [5.74, 6) is 1.20. The summed E-state index contributed by atoms with van der Waals surface area (Å²) in [5.41, 5.74) is 0.370. The second-order valence-corrected chi connectivity index (χ2v) is 12.2. The average Bonchev–Trinajstić information content (AvgIpc) is 2.96. The summed E-state index contributed by atoms with van der Waals surface area (Å²) in [6.45, 7) is 9.38. The van der Waals surface area contributed by atoms with Crippen LogP contribution in [0.5, 0.6) is 11.5 Å². The fourth-order valence-corrected chi connectivity index (χ4v) is 9.65. The minimum Gasteiger partial charge on any atom is -0.504 e. The van der Waals surface area contributed by atoms with Gasteiger partial charge < -0.3 is 25.0 Å². The fraction of sp³-hybridized carbons (Fsp3) is 0.760. The van der Waals surface area contributed by atoms with Crippen molar-refractivity contribution in [3.05, 3.63) is 23.3 Å². The molecule has 5 nitrogen and oxygen atoms in total. The lowest BCUT2D eigenvalue weighted by molar-refractivity contribution is -0.232. The summed E-state index contributed by atoms with van der Waals surface area (Å²) >= 11 is 0. The first kappa shape index (κ1) is 18.3. The molecule has 6 bridgehead atoms. The molecule has 2 aliphatic heterocycles. The van der Waals surface area contributed by atoms with Crippen LogP contribution in [0.4, 0.5) is 0 Å². The molecule has 5 aliphatic carbocycles. The first-order valence-electron chi connectivity index (χ1n) is 11.6. The number of hydrogen-bond donors (Lipinski definition) is 3. The van der Waals surface area contributed by atoms with Crippen LogP contribution in [0.25, 0.3) is 0 Å². The maximum Gasteiger partial charge on any atom is 0.166 e. The first-order chi connectivity index (χ1) is 14.1. The third-order valence-corrected chi connectivity index (χ3v) is 11.1. The number of fused-ring (bicyclic) bond motifs is 1. The molecule has 2 heterocycles. The van der Waals surface area contributed by atoms with Crippen LogP contribution in [-0.4, -0.2) is 46.7 Å². The van der Waals surface area contributed by atoms with Gasteiger partial charge in [0.2, 0.25) is 0 Å². The van der Waals surface area contributed by atoms with E-state index in [1.165, 1.54) is 11.1 Å². The van der Waals surface area contributed by atoms with Gasteiger partial charge in [0, 0.05) is 36.0 Å². The van der Waals surface area contributed by atoms with Gasteiger partial charge in [-0.25, -0.2) is 0 Å². The Hall–Kier alpha value is -1.30. The number of phenols is 1. The lowest BCUT2D eigenvalue weighted by Crippen LogP contribution is -2.76. The number of ether oxygens (including phenoxy) is 2. The van der Waals surface area contributed by atoms with E-state index in [1.807, 2.05) is 14.0 Å². The van der Waals surface area contributed by atoms with E-state index in [-0.39, 0.29) is 33.8 Å². The molecule has 30 heavy (non-hydrogen) atoms. The molecule has 0 radical (unpaired) electrons. The van der Waals surface area contributed by atoms with Gasteiger partial charge in [-0.3, -0.25) is 0 Å². The number of methoxy groups -OCH3 is 1. The standard InChI is InChI=1S/C25H33NO4/c1-20(2,3)21(4,28)15-11-22-12-16-24(15,29-5)25(16)23(22)8-9-26-17(22)10-13-6-7-14(27)19(30-25)18(13)23/h6-7,15-17,26-28H,8-12H2,1-5H3/t15-,16?,17?,21+,22+,23-,24+,25+/m1/s1. The molecule has 0 amide bonds. The molecule has 3 N–H and O–H groups in total. The molecular weight excluding hydrogens is 378 g/mol. The second kappa shape index (κ2) is 4.57. The zero-order valence-corrected chi connectivity index (χ0v) is 18.6. The van der Waals surface area contributed by atoms with Gasteiger partial charge in [0.25, 0.3) is 0 Å². The van der Waals surface area contributed by atoms with Gasteiger partial charge in [-0.15, -0.1) is 0 Å². The van der Waals surface area contributed by atoms with E-state index >= 15 is 0 Å². The van der Waals surface area contributed by atoms with Crippen molar-refractivity contribution in [3.8, 4) is 11.5 Å². The summed E-state index contributed by atoms with van der Waals surface area (Å²) in [6.07, 6.45) is 4.02. The molecule has 162 valence electrons. The molecule has 4 saturated carbocycles. The highest BCUT2D eigenvalue weighted by atomic mass is 16.6. The summed E-state index contributed by atoms with van der Waals surface area (Å²) in [4.78, 5) is 0. The number of aromatic hydroxyl groups is 1. The molecule has 5 heteroatoms. The van der Waals surface area contributed by atoms with Crippen LogP contribution in [-0.2, 0) is 16.6 Å². The Labute approximate surface area is 178 Å². The van der Waals surface area contributed by atoms with Crippen molar-refractivity contribution in [2.75, 3.05) is 13.7 Å². The lowest BCUT2D eigenvalue weighted by Gasteiger charge is -2.67. The first-order valence-corrected chi connectivity index (χ1v) is 11.6. The SMILES string of the molecule is CO[C@]12C3C[C@@]4(C[C@@H]1[C@](C)(O)C(C)(C)C)C1Cc5ccc(O)c6c5[C@@]4(CCN1)[C@@]32O6. The van der Waals surface area contributed by atoms with Crippen molar-refractivity contribution >= 4 is 0 Å². The van der Waals surface area contributed by atoms with E-state index in [0.717, 1.165) is 32.2 Å². The highest BCUT2D eigenvalue weighted by Gasteiger charge is 3.03. The lowest BCUT2D eigenvalue weighted by atomic mass is 9.40. The molecule has 8 rings (SSSR count). The molecule has 8 atom stereocenters. The predicted molar refractivity (Wildman–Crippen MR) is 112 cm³/mol. The van der Waals surface area contributed by atoms with Gasteiger partial charge >= 0.3 is 0 Å². The van der Waals surface area contributed by atoms with Crippen LogP contribution in [0.3, 0.4) is 0 Å². The zero-order chi connectivity index (χ0) is 21.1. The van der Waals surface area contributed by atoms with Gasteiger partial charge in [-0.1, -0.05) is 26.8 Å². The van der Waals surface area contributed by atoms with Crippen LogP contribution in [0.15, 0.2) is 12.1 Å². The zero-order valence-electron chi connectivity index (χ0n) is 18.6. The number of piperidine rings is 1. The van der Waals surface area contributed by atoms with Gasteiger partial charge in [0.05, 0.1) is 11.0 Å². The van der Waals surface area contributed by atoms with Crippen LogP contribution >= 0.6 is 0 Å². The van der Waals surface area contributed by atoms with Gasteiger partial charge in [0.15, 0.2) is 17.1 Å². The number of aliphatic hydroxyl groups is 1. The van der Waals surface area contributed by atoms with Crippen molar-refractivity contribution in [1.82, 2.24) is 5.32 Å². The molecule has 1 saturated heterocycles. The highest BCUT2D eigenvalue weighted by molar-refractivity contribution is 5.70. The van der Waals surface area contributed by atoms with Gasteiger partial charge in [0.1, 0.15) is 5.60 Å². The van der Waals surface area contributed by atoms with Crippen LogP contribution in [0.2, 0.25) is 0 Å². The third kappa shape index (κ3) is 1.34. The Morgan fingerprint density at radius 3 is 2.67 bits per heavy atom. The Morgan fingerprint density at radius 2 is 1.97 bits per heavy atom. The maximum absolute atomic E-state index is 12.0. The largest absolute Gasteiger partial charge is 0.504 e. The molecule has 2 unspecified atom stereocenters. The Balaban J connectivity index is 1.55. The molecular formula is C25H33NO4. The van der Waals surface area contributed by atoms with E-state index in [1.54, 1.807) is 6.07 Å². The van der Waals surface area contributed by atoms with E-state index in [4.69, 9.17) is 9.47 Å². The van der Waals surface area contributed by atoms with Crippen molar-refractivity contribution in [2.24, 2.45) is 22.7 Å². The normalized spacial score (nSPS) is 50.5. The van der Waals surface area contributed by atoms with Crippen molar-refractivity contribution in [1.29, 1.82) is 0 Å². The molecule has 7 aliphatic rings. The highest BCUT2D eigenvalue weighted by Crippen LogP contribution is 2.93. The third-order valence-electron chi connectivity index (χ3n) is 11.1. The minimum atomic E-state index is -0.894. The fourth-order valence-electron chi connectivity index (χ4n) is 9.65. The second-order valence-electron chi connectivity index (χ2n) is 12.2. The van der Waals surface area contributed by atoms with E-state index in [2.05, 4.69) is 32.2 Å². The van der Waals surface area contributed by atoms with E-state index in [0.29, 0.717) is 11.8 Å². The quantitative estimate of drug-likeness (QED) is 0.698. The van der Waals surface area contributed by atoms with Gasteiger partial charge in [-0.05, 0) is 56.2 Å². The Morgan fingerprint density at radius 1 is 1.20 bits per heavy atom. The average molecular weight is 412 g/mol. The molecule has 0 aromatic heterocycles. The number of benzene rings is 1. The van der Waals surface area contributed by atoms with E-state index < -0.39 is 16.8 Å².